The number of morpholine rings is 1. The number of likely N-dealkylation sites (N-methyl/N-ethyl adjacent to an activating group) is 1. The fourth-order valence-corrected chi connectivity index (χ4v) is 2.38. The summed E-state index contributed by atoms with van der Waals surface area (Å²) in [5.41, 5.74) is 5.93. The third-order valence-electron chi connectivity index (χ3n) is 3.62. The van der Waals surface area contributed by atoms with E-state index < -0.39 is 0 Å². The molecule has 21 heavy (non-hydrogen) atoms. The number of aliphatic imine (C=N–C) groups is 1. The first-order chi connectivity index (χ1) is 9.47. The molecule has 1 heterocycles. The first kappa shape index (κ1) is 20.9. The van der Waals surface area contributed by atoms with Crippen molar-refractivity contribution >= 4 is 29.9 Å². The van der Waals surface area contributed by atoms with Crippen LogP contribution in [0.3, 0.4) is 0 Å². The van der Waals surface area contributed by atoms with E-state index >= 15 is 0 Å². The predicted molar refractivity (Wildman–Crippen MR) is 100 cm³/mol. The maximum Gasteiger partial charge on any atom is 0.188 e. The first-order valence-electron chi connectivity index (χ1n) is 7.84. The van der Waals surface area contributed by atoms with Gasteiger partial charge in [-0.15, -0.1) is 24.0 Å². The minimum atomic E-state index is 0. The fourth-order valence-electron chi connectivity index (χ4n) is 2.38. The Balaban J connectivity index is 0.00000400. The van der Waals surface area contributed by atoms with Gasteiger partial charge in [-0.25, -0.2) is 0 Å². The second kappa shape index (κ2) is 11.5. The van der Waals surface area contributed by atoms with Gasteiger partial charge < -0.3 is 20.7 Å². The number of ether oxygens (including phenoxy) is 1. The highest BCUT2D eigenvalue weighted by atomic mass is 127. The maximum atomic E-state index is 5.93. The third kappa shape index (κ3) is 10.3. The zero-order valence-electron chi connectivity index (χ0n) is 14.0. The Kier molecular flexibility index (Phi) is 11.4. The third-order valence-corrected chi connectivity index (χ3v) is 3.62. The van der Waals surface area contributed by atoms with Gasteiger partial charge in [-0.1, -0.05) is 26.7 Å². The molecule has 2 unspecified atom stereocenters. The lowest BCUT2D eigenvalue weighted by Gasteiger charge is -2.29. The average Bonchev–Trinajstić information content (AvgIpc) is 2.36. The highest BCUT2D eigenvalue weighted by Crippen LogP contribution is 2.08. The molecule has 0 bridgehead atoms. The molecule has 0 aliphatic carbocycles. The summed E-state index contributed by atoms with van der Waals surface area (Å²) < 4.78 is 5.66. The molecule has 1 rings (SSSR count). The zero-order valence-corrected chi connectivity index (χ0v) is 16.3. The second-order valence-electron chi connectivity index (χ2n) is 6.35. The van der Waals surface area contributed by atoms with Gasteiger partial charge in [0.15, 0.2) is 5.96 Å². The van der Waals surface area contributed by atoms with Crippen molar-refractivity contribution in [2.45, 2.75) is 52.2 Å². The van der Waals surface area contributed by atoms with Crippen LogP contribution in [0.2, 0.25) is 0 Å². The van der Waals surface area contributed by atoms with Crippen LogP contribution in [0.15, 0.2) is 4.99 Å². The molecule has 2 atom stereocenters. The molecule has 126 valence electrons. The molecule has 1 aliphatic rings. The maximum absolute atomic E-state index is 5.93. The van der Waals surface area contributed by atoms with E-state index in [1.165, 1.54) is 12.8 Å². The van der Waals surface area contributed by atoms with E-state index in [1.54, 1.807) is 0 Å². The van der Waals surface area contributed by atoms with Gasteiger partial charge in [-0.2, -0.15) is 0 Å². The summed E-state index contributed by atoms with van der Waals surface area (Å²) in [6.45, 7) is 10.0. The number of nitrogens with two attached hydrogens (primary N) is 1. The summed E-state index contributed by atoms with van der Waals surface area (Å²) >= 11 is 0. The molecule has 1 fully saturated rings. The number of nitrogens with one attached hydrogen (secondary N) is 1. The smallest absolute Gasteiger partial charge is 0.188 e. The molecule has 0 spiro atoms. The molecule has 3 N–H and O–H groups in total. The van der Waals surface area contributed by atoms with Gasteiger partial charge in [0.25, 0.3) is 0 Å². The molecular formula is C15H33IN4O. The van der Waals surface area contributed by atoms with Crippen molar-refractivity contribution in [1.82, 2.24) is 10.2 Å². The highest BCUT2D eigenvalue weighted by Gasteiger charge is 2.17. The molecule has 5 nitrogen and oxygen atoms in total. The molecule has 0 amide bonds. The van der Waals surface area contributed by atoms with Gasteiger partial charge in [0, 0.05) is 19.1 Å². The van der Waals surface area contributed by atoms with E-state index in [2.05, 4.69) is 43.0 Å². The van der Waals surface area contributed by atoms with Crippen LogP contribution < -0.4 is 11.1 Å². The summed E-state index contributed by atoms with van der Waals surface area (Å²) in [5, 5.41) is 3.26. The van der Waals surface area contributed by atoms with Crippen molar-refractivity contribution in [3.63, 3.8) is 0 Å². The SMILES string of the molecule is CC(C)CCCC(C)NC(N)=NCC1CN(C)CCO1.I. The molecular weight excluding hydrogens is 379 g/mol. The van der Waals surface area contributed by atoms with Gasteiger partial charge in [-0.05, 0) is 26.3 Å². The normalized spacial score (nSPS) is 22.0. The monoisotopic (exact) mass is 412 g/mol. The quantitative estimate of drug-likeness (QED) is 0.382. The molecule has 0 aromatic carbocycles. The van der Waals surface area contributed by atoms with Crippen LogP contribution in [0.25, 0.3) is 0 Å². The van der Waals surface area contributed by atoms with Gasteiger partial charge in [0.2, 0.25) is 0 Å². The summed E-state index contributed by atoms with van der Waals surface area (Å²) in [7, 11) is 2.11. The Morgan fingerprint density at radius 1 is 1.38 bits per heavy atom. The van der Waals surface area contributed by atoms with Crippen molar-refractivity contribution in [3.05, 3.63) is 0 Å². The van der Waals surface area contributed by atoms with Gasteiger partial charge >= 0.3 is 0 Å². The fraction of sp³-hybridized carbons (Fsp3) is 0.933. The van der Waals surface area contributed by atoms with E-state index in [1.807, 2.05) is 0 Å². The molecule has 0 radical (unpaired) electrons. The van der Waals surface area contributed by atoms with E-state index in [0.29, 0.717) is 18.5 Å². The lowest BCUT2D eigenvalue weighted by Crippen LogP contribution is -2.43. The second-order valence-corrected chi connectivity index (χ2v) is 6.35. The Morgan fingerprint density at radius 2 is 2.10 bits per heavy atom. The van der Waals surface area contributed by atoms with Crippen molar-refractivity contribution in [1.29, 1.82) is 0 Å². The minimum Gasteiger partial charge on any atom is -0.374 e. The topological polar surface area (TPSA) is 62.9 Å². The van der Waals surface area contributed by atoms with Crippen molar-refractivity contribution in [3.8, 4) is 0 Å². The lowest BCUT2D eigenvalue weighted by molar-refractivity contribution is -0.0136. The van der Waals surface area contributed by atoms with Gasteiger partial charge in [-0.3, -0.25) is 4.99 Å². The van der Waals surface area contributed by atoms with Crippen LogP contribution in [0.4, 0.5) is 0 Å². The summed E-state index contributed by atoms with van der Waals surface area (Å²) in [5.74, 6) is 1.31. The van der Waals surface area contributed by atoms with E-state index in [-0.39, 0.29) is 30.1 Å². The number of hydrogen-bond acceptors (Lipinski definition) is 3. The highest BCUT2D eigenvalue weighted by molar-refractivity contribution is 14.0. The number of rotatable bonds is 7. The zero-order chi connectivity index (χ0) is 15.0. The average molecular weight is 412 g/mol. The van der Waals surface area contributed by atoms with E-state index in [9.17, 15) is 0 Å². The molecule has 1 aliphatic heterocycles. The largest absolute Gasteiger partial charge is 0.374 e. The van der Waals surface area contributed by atoms with E-state index in [0.717, 1.165) is 32.0 Å². The first-order valence-corrected chi connectivity index (χ1v) is 7.84. The van der Waals surface area contributed by atoms with E-state index in [4.69, 9.17) is 10.5 Å². The number of guanidine groups is 1. The van der Waals surface area contributed by atoms with Crippen molar-refractivity contribution in [2.75, 3.05) is 33.3 Å². The van der Waals surface area contributed by atoms with Crippen LogP contribution in [-0.4, -0.2) is 56.3 Å². The Labute approximate surface area is 147 Å². The summed E-state index contributed by atoms with van der Waals surface area (Å²) in [4.78, 5) is 6.66. The Hall–Kier alpha value is -0.0800. The number of nitrogens with zero attached hydrogens (tertiary/aromatic N) is 2. The molecule has 0 saturated carbocycles. The van der Waals surface area contributed by atoms with Crippen LogP contribution in [0, 0.1) is 5.92 Å². The number of halogens is 1. The van der Waals surface area contributed by atoms with Crippen molar-refractivity contribution < 1.29 is 4.74 Å². The minimum absolute atomic E-state index is 0. The standard InChI is InChI=1S/C15H32N4O.HI/c1-12(2)6-5-7-13(3)18-15(16)17-10-14-11-19(4)8-9-20-14;/h12-14H,5-11H2,1-4H3,(H3,16,17,18);1H. The lowest BCUT2D eigenvalue weighted by atomic mass is 10.0. The van der Waals surface area contributed by atoms with Crippen LogP contribution >= 0.6 is 24.0 Å². The molecule has 1 saturated heterocycles. The van der Waals surface area contributed by atoms with Crippen molar-refractivity contribution in [2.24, 2.45) is 16.6 Å². The van der Waals surface area contributed by atoms with Crippen LogP contribution in [0.5, 0.6) is 0 Å². The van der Waals surface area contributed by atoms with Gasteiger partial charge in [0.1, 0.15) is 0 Å². The Morgan fingerprint density at radius 3 is 2.71 bits per heavy atom. The number of hydrogen-bond donors (Lipinski definition) is 2. The van der Waals surface area contributed by atoms with Gasteiger partial charge in [0.05, 0.1) is 19.3 Å². The Bertz CT molecular complexity index is 299. The van der Waals surface area contributed by atoms with Crippen LogP contribution in [0.1, 0.15) is 40.0 Å². The summed E-state index contributed by atoms with van der Waals surface area (Å²) in [6, 6.07) is 0.382. The molecule has 0 aromatic rings. The summed E-state index contributed by atoms with van der Waals surface area (Å²) in [6.07, 6.45) is 3.81. The predicted octanol–water partition coefficient (Wildman–Crippen LogP) is 2.05. The van der Waals surface area contributed by atoms with Crippen LogP contribution in [-0.2, 0) is 4.74 Å². The molecule has 6 heteroatoms. The molecule has 0 aromatic heterocycles.